The molecular formula is C10H15N3OS2. The van der Waals surface area contributed by atoms with Gasteiger partial charge in [0.15, 0.2) is 5.11 Å². The molecular weight excluding hydrogens is 242 g/mol. The Balaban J connectivity index is 2.29. The predicted molar refractivity (Wildman–Crippen MR) is 71.5 cm³/mol. The van der Waals surface area contributed by atoms with Crippen LogP contribution in [0.3, 0.4) is 0 Å². The summed E-state index contributed by atoms with van der Waals surface area (Å²) in [5.41, 5.74) is 0.729. The van der Waals surface area contributed by atoms with Gasteiger partial charge in [0.1, 0.15) is 0 Å². The Morgan fingerprint density at radius 2 is 2.44 bits per heavy atom. The molecule has 0 fully saturated rings. The zero-order valence-corrected chi connectivity index (χ0v) is 10.7. The average Bonchev–Trinajstić information content (AvgIpc) is 2.82. The molecule has 0 aliphatic rings. The summed E-state index contributed by atoms with van der Waals surface area (Å²) in [7, 11) is 1.78. The van der Waals surface area contributed by atoms with E-state index >= 15 is 0 Å². The average molecular weight is 257 g/mol. The van der Waals surface area contributed by atoms with Crippen molar-refractivity contribution in [1.29, 1.82) is 0 Å². The van der Waals surface area contributed by atoms with Crippen LogP contribution >= 0.6 is 23.6 Å². The lowest BCUT2D eigenvalue weighted by Crippen LogP contribution is -2.33. The van der Waals surface area contributed by atoms with Gasteiger partial charge in [-0.2, -0.15) is 0 Å². The van der Waals surface area contributed by atoms with Gasteiger partial charge in [-0.1, -0.05) is 11.2 Å². The van der Waals surface area contributed by atoms with Gasteiger partial charge in [-0.05, 0) is 36.5 Å². The lowest BCUT2D eigenvalue weighted by molar-refractivity contribution is 0.318. The Labute approximate surface area is 104 Å². The molecule has 0 aliphatic carbocycles. The lowest BCUT2D eigenvalue weighted by atomic mass is 10.2. The molecule has 0 aromatic carbocycles. The molecule has 1 aromatic rings. The zero-order valence-electron chi connectivity index (χ0n) is 9.06. The first-order valence-corrected chi connectivity index (χ1v) is 6.27. The second-order valence-electron chi connectivity index (χ2n) is 3.13. The summed E-state index contributed by atoms with van der Waals surface area (Å²) >= 11 is 6.52. The minimum atomic E-state index is 0.638. The molecule has 16 heavy (non-hydrogen) atoms. The molecule has 0 unspecified atom stereocenters. The number of nitrogens with one attached hydrogen (secondary N) is 2. The number of thiocarbonyl (C=S) groups is 1. The highest BCUT2D eigenvalue weighted by atomic mass is 32.1. The second-order valence-corrected chi connectivity index (χ2v) is 4.49. The highest BCUT2D eigenvalue weighted by Crippen LogP contribution is 2.12. The van der Waals surface area contributed by atoms with Crippen LogP contribution in [0.5, 0.6) is 0 Å². The molecule has 1 heterocycles. The molecule has 0 amide bonds. The topological polar surface area (TPSA) is 56.7 Å². The molecule has 6 heteroatoms. The number of thiophene rings is 1. The van der Waals surface area contributed by atoms with E-state index in [0.29, 0.717) is 5.11 Å². The fourth-order valence-electron chi connectivity index (χ4n) is 1.21. The Morgan fingerprint density at radius 1 is 1.62 bits per heavy atom. The van der Waals surface area contributed by atoms with E-state index in [4.69, 9.17) is 17.4 Å². The summed E-state index contributed by atoms with van der Waals surface area (Å²) in [6, 6.07) is 3.89. The van der Waals surface area contributed by atoms with E-state index in [0.717, 1.165) is 30.0 Å². The zero-order chi connectivity index (χ0) is 11.8. The minimum Gasteiger partial charge on any atom is -0.411 e. The fourth-order valence-corrected chi connectivity index (χ4v) is 2.05. The molecule has 0 bridgehead atoms. The van der Waals surface area contributed by atoms with Crippen molar-refractivity contribution < 1.29 is 5.21 Å². The van der Waals surface area contributed by atoms with Crippen LogP contribution in [0.2, 0.25) is 0 Å². The van der Waals surface area contributed by atoms with Crippen LogP contribution in [-0.2, 0) is 0 Å². The largest absolute Gasteiger partial charge is 0.411 e. The van der Waals surface area contributed by atoms with Crippen molar-refractivity contribution in [1.82, 2.24) is 10.6 Å². The third-order valence-electron chi connectivity index (χ3n) is 2.03. The molecule has 1 aromatic heterocycles. The first kappa shape index (κ1) is 12.9. The molecule has 0 saturated heterocycles. The van der Waals surface area contributed by atoms with Gasteiger partial charge in [0.05, 0.1) is 10.6 Å². The first-order valence-electron chi connectivity index (χ1n) is 4.98. The minimum absolute atomic E-state index is 0.638. The van der Waals surface area contributed by atoms with Crippen LogP contribution in [0, 0.1) is 0 Å². The molecule has 0 aliphatic heterocycles. The predicted octanol–water partition coefficient (Wildman–Crippen LogP) is 1.80. The fraction of sp³-hybridized carbons (Fsp3) is 0.400. The van der Waals surface area contributed by atoms with Crippen LogP contribution in [0.15, 0.2) is 22.7 Å². The van der Waals surface area contributed by atoms with E-state index in [1.54, 1.807) is 18.4 Å². The third-order valence-corrected chi connectivity index (χ3v) is 3.30. The molecule has 0 atom stereocenters. The van der Waals surface area contributed by atoms with Crippen molar-refractivity contribution in [2.75, 3.05) is 13.6 Å². The molecule has 0 saturated carbocycles. The van der Waals surface area contributed by atoms with E-state index < -0.39 is 0 Å². The normalized spacial score (nSPS) is 11.2. The van der Waals surface area contributed by atoms with Crippen LogP contribution in [0.4, 0.5) is 0 Å². The van der Waals surface area contributed by atoms with Gasteiger partial charge in [-0.25, -0.2) is 0 Å². The number of hydrogen-bond donors (Lipinski definition) is 3. The van der Waals surface area contributed by atoms with Crippen LogP contribution in [-0.4, -0.2) is 29.6 Å². The Kier molecular flexibility index (Phi) is 5.81. The maximum absolute atomic E-state index is 8.89. The van der Waals surface area contributed by atoms with Crippen LogP contribution in [0.25, 0.3) is 0 Å². The number of oxime groups is 1. The van der Waals surface area contributed by atoms with Gasteiger partial charge in [0.2, 0.25) is 0 Å². The Bertz CT molecular complexity index is 349. The number of rotatable bonds is 5. The van der Waals surface area contributed by atoms with E-state index in [-0.39, 0.29) is 0 Å². The van der Waals surface area contributed by atoms with Gasteiger partial charge in [0.25, 0.3) is 0 Å². The van der Waals surface area contributed by atoms with Gasteiger partial charge in [0, 0.05) is 13.6 Å². The van der Waals surface area contributed by atoms with Gasteiger partial charge in [-0.3, -0.25) is 0 Å². The Hall–Kier alpha value is -1.14. The molecule has 0 spiro atoms. The smallest absolute Gasteiger partial charge is 0.166 e. The number of nitrogens with zero attached hydrogens (tertiary/aromatic N) is 1. The summed E-state index contributed by atoms with van der Waals surface area (Å²) in [5, 5.41) is 20.7. The van der Waals surface area contributed by atoms with Crippen molar-refractivity contribution >= 4 is 34.4 Å². The van der Waals surface area contributed by atoms with Crippen molar-refractivity contribution in [3.05, 3.63) is 22.4 Å². The third kappa shape index (κ3) is 4.16. The van der Waals surface area contributed by atoms with E-state index in [2.05, 4.69) is 15.8 Å². The van der Waals surface area contributed by atoms with Crippen LogP contribution in [0.1, 0.15) is 17.7 Å². The van der Waals surface area contributed by atoms with E-state index in [1.807, 2.05) is 17.5 Å². The first-order chi connectivity index (χ1) is 7.77. The SMILES string of the molecule is CNC(=S)NCCCC(=NO)c1cccs1. The summed E-state index contributed by atoms with van der Waals surface area (Å²) in [6.45, 7) is 0.768. The summed E-state index contributed by atoms with van der Waals surface area (Å²) < 4.78 is 0. The van der Waals surface area contributed by atoms with Crippen LogP contribution < -0.4 is 10.6 Å². The van der Waals surface area contributed by atoms with Gasteiger partial charge in [-0.15, -0.1) is 11.3 Å². The Morgan fingerprint density at radius 3 is 3.00 bits per heavy atom. The van der Waals surface area contributed by atoms with Crippen molar-refractivity contribution in [3.8, 4) is 0 Å². The molecule has 1 rings (SSSR count). The quantitative estimate of drug-likeness (QED) is 0.247. The lowest BCUT2D eigenvalue weighted by Gasteiger charge is -2.06. The highest BCUT2D eigenvalue weighted by molar-refractivity contribution is 7.80. The summed E-state index contributed by atoms with van der Waals surface area (Å²) in [4.78, 5) is 1.01. The van der Waals surface area contributed by atoms with E-state index in [1.165, 1.54) is 0 Å². The van der Waals surface area contributed by atoms with Gasteiger partial charge >= 0.3 is 0 Å². The molecule has 3 N–H and O–H groups in total. The molecule has 88 valence electrons. The summed E-state index contributed by atoms with van der Waals surface area (Å²) in [6.07, 6.45) is 1.61. The maximum Gasteiger partial charge on any atom is 0.166 e. The molecule has 4 nitrogen and oxygen atoms in total. The van der Waals surface area contributed by atoms with E-state index in [9.17, 15) is 0 Å². The van der Waals surface area contributed by atoms with Crippen molar-refractivity contribution in [3.63, 3.8) is 0 Å². The maximum atomic E-state index is 8.89. The highest BCUT2D eigenvalue weighted by Gasteiger charge is 2.04. The number of hydrogen-bond acceptors (Lipinski definition) is 4. The standard InChI is InChI=1S/C10H15N3OS2/c1-11-10(15)12-6-2-4-8(13-14)9-5-3-7-16-9/h3,5,7,14H,2,4,6H2,1H3,(H2,11,12,15). The summed E-state index contributed by atoms with van der Waals surface area (Å²) in [5.74, 6) is 0. The van der Waals surface area contributed by atoms with Gasteiger partial charge < -0.3 is 15.8 Å². The second kappa shape index (κ2) is 7.19. The van der Waals surface area contributed by atoms with Crippen molar-refractivity contribution in [2.45, 2.75) is 12.8 Å². The molecule has 0 radical (unpaired) electrons. The van der Waals surface area contributed by atoms with Crippen molar-refractivity contribution in [2.24, 2.45) is 5.16 Å². The monoisotopic (exact) mass is 257 g/mol.